The largest absolute Gasteiger partial charge is 0.450 e. The second-order valence-corrected chi connectivity index (χ2v) is 6.11. The van der Waals surface area contributed by atoms with Crippen LogP contribution in [0.15, 0.2) is 59.3 Å². The normalized spacial score (nSPS) is 11.6. The molecule has 5 aromatic rings. The fourth-order valence-corrected chi connectivity index (χ4v) is 3.43. The molecule has 3 heterocycles. The number of aryl methyl sites for hydroxylation is 1. The Kier molecular flexibility index (Phi) is 3.35. The number of aromatic nitrogens is 4. The van der Waals surface area contributed by atoms with Crippen molar-refractivity contribution in [2.75, 3.05) is 5.32 Å². The van der Waals surface area contributed by atoms with Gasteiger partial charge in [0.05, 0.1) is 17.6 Å². The van der Waals surface area contributed by atoms with Gasteiger partial charge in [-0.3, -0.25) is 0 Å². The van der Waals surface area contributed by atoms with E-state index in [9.17, 15) is 0 Å². The summed E-state index contributed by atoms with van der Waals surface area (Å²) in [6, 6.07) is 16.1. The Balaban J connectivity index is 1.54. The average Bonchev–Trinajstić information content (AvgIpc) is 3.24. The summed E-state index contributed by atoms with van der Waals surface area (Å²) in [5.74, 6) is 1.65. The van der Waals surface area contributed by atoms with E-state index in [1.54, 1.807) is 6.33 Å². The molecule has 0 bridgehead atoms. The first-order valence-corrected chi connectivity index (χ1v) is 8.65. The van der Waals surface area contributed by atoms with Crippen molar-refractivity contribution in [1.82, 2.24) is 19.5 Å². The van der Waals surface area contributed by atoms with Gasteiger partial charge in [0.25, 0.3) is 0 Å². The van der Waals surface area contributed by atoms with Crippen molar-refractivity contribution in [3.8, 4) is 0 Å². The number of furan rings is 1. The van der Waals surface area contributed by atoms with Gasteiger partial charge in [0.1, 0.15) is 23.3 Å². The van der Waals surface area contributed by atoms with Gasteiger partial charge in [0.15, 0.2) is 11.4 Å². The van der Waals surface area contributed by atoms with Crippen LogP contribution < -0.4 is 5.32 Å². The lowest BCUT2D eigenvalue weighted by Gasteiger charge is -2.08. The Morgan fingerprint density at radius 3 is 2.81 bits per heavy atom. The van der Waals surface area contributed by atoms with E-state index in [1.165, 1.54) is 0 Å². The minimum Gasteiger partial charge on any atom is -0.450 e. The molecule has 6 nitrogen and oxygen atoms in total. The van der Waals surface area contributed by atoms with E-state index in [0.717, 1.165) is 39.9 Å². The third-order valence-corrected chi connectivity index (χ3v) is 4.62. The Morgan fingerprint density at radius 2 is 1.88 bits per heavy atom. The summed E-state index contributed by atoms with van der Waals surface area (Å²) in [5, 5.41) is 4.37. The SMILES string of the molecule is CCn1c(CNc2ncnc3c2oc2ccccc23)nc2ccccc21. The molecule has 2 aromatic carbocycles. The van der Waals surface area contributed by atoms with Crippen LogP contribution in [0.2, 0.25) is 0 Å². The third kappa shape index (κ3) is 2.23. The van der Waals surface area contributed by atoms with Gasteiger partial charge in [0.2, 0.25) is 0 Å². The van der Waals surface area contributed by atoms with E-state index < -0.39 is 0 Å². The lowest BCUT2D eigenvalue weighted by atomic mass is 10.2. The van der Waals surface area contributed by atoms with Gasteiger partial charge in [-0.05, 0) is 31.2 Å². The molecule has 0 fully saturated rings. The average molecular weight is 343 g/mol. The van der Waals surface area contributed by atoms with Gasteiger partial charge in [-0.25, -0.2) is 15.0 Å². The number of hydrogen-bond donors (Lipinski definition) is 1. The molecule has 0 aliphatic carbocycles. The van der Waals surface area contributed by atoms with Crippen LogP contribution in [-0.2, 0) is 13.1 Å². The zero-order chi connectivity index (χ0) is 17.5. The maximum Gasteiger partial charge on any atom is 0.196 e. The van der Waals surface area contributed by atoms with Gasteiger partial charge < -0.3 is 14.3 Å². The summed E-state index contributed by atoms with van der Waals surface area (Å²) in [7, 11) is 0. The number of nitrogens with one attached hydrogen (secondary N) is 1. The van der Waals surface area contributed by atoms with Gasteiger partial charge in [-0.15, -0.1) is 0 Å². The standard InChI is InChI=1S/C20H17N5O/c1-2-25-15-9-5-4-8-14(15)24-17(25)11-21-20-19-18(22-12-23-20)13-7-3-6-10-16(13)26-19/h3-10,12H,2,11H2,1H3,(H,21,22,23). The van der Waals surface area contributed by atoms with Gasteiger partial charge in [-0.1, -0.05) is 24.3 Å². The second kappa shape index (κ2) is 5.84. The van der Waals surface area contributed by atoms with E-state index in [0.29, 0.717) is 17.9 Å². The monoisotopic (exact) mass is 343 g/mol. The molecule has 1 N–H and O–H groups in total. The smallest absolute Gasteiger partial charge is 0.196 e. The van der Waals surface area contributed by atoms with Crippen molar-refractivity contribution < 1.29 is 4.42 Å². The Bertz CT molecular complexity index is 1240. The number of anilines is 1. The molecule has 0 saturated heterocycles. The van der Waals surface area contributed by atoms with Crippen LogP contribution in [-0.4, -0.2) is 19.5 Å². The van der Waals surface area contributed by atoms with Crippen LogP contribution in [0.1, 0.15) is 12.7 Å². The topological polar surface area (TPSA) is 68.8 Å². The first kappa shape index (κ1) is 14.9. The first-order chi connectivity index (χ1) is 12.8. The molecule has 0 aliphatic rings. The molecule has 3 aromatic heterocycles. The second-order valence-electron chi connectivity index (χ2n) is 6.11. The quantitative estimate of drug-likeness (QED) is 0.525. The van der Waals surface area contributed by atoms with Crippen LogP contribution >= 0.6 is 0 Å². The van der Waals surface area contributed by atoms with Crippen LogP contribution in [0.5, 0.6) is 0 Å². The number of fused-ring (bicyclic) bond motifs is 4. The maximum atomic E-state index is 5.97. The summed E-state index contributed by atoms with van der Waals surface area (Å²) < 4.78 is 8.18. The molecule has 0 spiro atoms. The van der Waals surface area contributed by atoms with Crippen LogP contribution in [0.3, 0.4) is 0 Å². The summed E-state index contributed by atoms with van der Waals surface area (Å²) in [6.07, 6.45) is 1.56. The summed E-state index contributed by atoms with van der Waals surface area (Å²) in [6.45, 7) is 3.55. The number of hydrogen-bond acceptors (Lipinski definition) is 5. The Morgan fingerprint density at radius 1 is 1.04 bits per heavy atom. The summed E-state index contributed by atoms with van der Waals surface area (Å²) in [5.41, 5.74) is 4.45. The van der Waals surface area contributed by atoms with Gasteiger partial charge in [0, 0.05) is 11.9 Å². The highest BCUT2D eigenvalue weighted by Crippen LogP contribution is 2.30. The van der Waals surface area contributed by atoms with Crippen molar-refractivity contribution in [2.24, 2.45) is 0 Å². The molecule has 128 valence electrons. The first-order valence-electron chi connectivity index (χ1n) is 8.65. The van der Waals surface area contributed by atoms with Crippen LogP contribution in [0.4, 0.5) is 5.82 Å². The van der Waals surface area contributed by atoms with Crippen molar-refractivity contribution in [2.45, 2.75) is 20.0 Å². The summed E-state index contributed by atoms with van der Waals surface area (Å²) in [4.78, 5) is 13.5. The molecule has 0 unspecified atom stereocenters. The fraction of sp³-hybridized carbons (Fsp3) is 0.150. The Hall–Kier alpha value is -3.41. The maximum absolute atomic E-state index is 5.97. The number of rotatable bonds is 4. The van der Waals surface area contributed by atoms with E-state index >= 15 is 0 Å². The zero-order valence-corrected chi connectivity index (χ0v) is 14.3. The Labute approximate surface area is 149 Å². The molecular formula is C20H17N5O. The van der Waals surface area contributed by atoms with Gasteiger partial charge >= 0.3 is 0 Å². The highest BCUT2D eigenvalue weighted by Gasteiger charge is 2.14. The fourth-order valence-electron chi connectivity index (χ4n) is 3.43. The third-order valence-electron chi connectivity index (χ3n) is 4.62. The molecule has 0 atom stereocenters. The van der Waals surface area contributed by atoms with Crippen LogP contribution in [0.25, 0.3) is 33.1 Å². The molecule has 0 amide bonds. The minimum absolute atomic E-state index is 0.561. The highest BCUT2D eigenvalue weighted by atomic mass is 16.3. The molecule has 0 saturated carbocycles. The molecule has 6 heteroatoms. The summed E-state index contributed by atoms with van der Waals surface area (Å²) >= 11 is 0. The van der Waals surface area contributed by atoms with Crippen molar-refractivity contribution >= 4 is 38.9 Å². The van der Waals surface area contributed by atoms with Crippen molar-refractivity contribution in [1.29, 1.82) is 0 Å². The lowest BCUT2D eigenvalue weighted by molar-refractivity contribution is 0.665. The highest BCUT2D eigenvalue weighted by molar-refractivity contribution is 6.05. The van der Waals surface area contributed by atoms with E-state index in [1.807, 2.05) is 42.5 Å². The molecule has 26 heavy (non-hydrogen) atoms. The molecule has 5 rings (SSSR count). The number of benzene rings is 2. The van der Waals surface area contributed by atoms with E-state index in [2.05, 4.69) is 32.8 Å². The van der Waals surface area contributed by atoms with Crippen molar-refractivity contribution in [3.05, 3.63) is 60.7 Å². The number of nitrogens with zero attached hydrogens (tertiary/aromatic N) is 4. The van der Waals surface area contributed by atoms with E-state index in [-0.39, 0.29) is 0 Å². The molecule has 0 radical (unpaired) electrons. The number of imidazole rings is 1. The van der Waals surface area contributed by atoms with E-state index in [4.69, 9.17) is 9.40 Å². The lowest BCUT2D eigenvalue weighted by Crippen LogP contribution is -2.09. The van der Waals surface area contributed by atoms with Gasteiger partial charge in [-0.2, -0.15) is 0 Å². The predicted octanol–water partition coefficient (Wildman–Crippen LogP) is 4.36. The molecular weight excluding hydrogens is 326 g/mol. The number of para-hydroxylation sites is 3. The zero-order valence-electron chi connectivity index (χ0n) is 14.3. The van der Waals surface area contributed by atoms with Crippen LogP contribution in [0, 0.1) is 0 Å². The molecule has 0 aliphatic heterocycles. The minimum atomic E-state index is 0.561. The van der Waals surface area contributed by atoms with Crippen molar-refractivity contribution in [3.63, 3.8) is 0 Å². The predicted molar refractivity (Wildman–Crippen MR) is 102 cm³/mol.